The van der Waals surface area contributed by atoms with Gasteiger partial charge in [-0.05, 0) is 38.6 Å². The normalized spacial score (nSPS) is 35.1. The number of carbonyl (C=O) groups excluding carboxylic acids is 1. The number of likely N-dealkylation sites (tertiary alicyclic amines) is 1. The Bertz CT molecular complexity index is 267. The first-order valence-electron chi connectivity index (χ1n) is 7.24. The fourth-order valence-corrected chi connectivity index (χ4v) is 3.45. The highest BCUT2D eigenvalue weighted by atomic mass is 16.2. The maximum absolute atomic E-state index is 12.3. The third-order valence-corrected chi connectivity index (χ3v) is 4.59. The van der Waals surface area contributed by atoms with Gasteiger partial charge in [-0.2, -0.15) is 0 Å². The molecular formula is C14H26N2O. The summed E-state index contributed by atoms with van der Waals surface area (Å²) < 4.78 is 0. The van der Waals surface area contributed by atoms with Gasteiger partial charge in [0.2, 0.25) is 5.91 Å². The summed E-state index contributed by atoms with van der Waals surface area (Å²) in [5.74, 6) is 1.19. The van der Waals surface area contributed by atoms with E-state index >= 15 is 0 Å². The van der Waals surface area contributed by atoms with Gasteiger partial charge in [-0.25, -0.2) is 0 Å². The molecule has 2 aliphatic rings. The van der Waals surface area contributed by atoms with E-state index in [9.17, 15) is 4.79 Å². The van der Waals surface area contributed by atoms with E-state index in [2.05, 4.69) is 17.1 Å². The number of rotatable bonds is 3. The predicted octanol–water partition coefficient (Wildman–Crippen LogP) is 2.17. The van der Waals surface area contributed by atoms with Gasteiger partial charge in [0.25, 0.3) is 0 Å². The van der Waals surface area contributed by atoms with Crippen LogP contribution in [0.3, 0.4) is 0 Å². The highest BCUT2D eigenvalue weighted by Gasteiger charge is 2.34. The van der Waals surface area contributed by atoms with E-state index in [-0.39, 0.29) is 6.04 Å². The van der Waals surface area contributed by atoms with Gasteiger partial charge in [0, 0.05) is 12.6 Å². The van der Waals surface area contributed by atoms with Crippen molar-refractivity contribution in [3.05, 3.63) is 0 Å². The average Bonchev–Trinajstić information content (AvgIpc) is 2.39. The van der Waals surface area contributed by atoms with Crippen LogP contribution < -0.4 is 5.32 Å². The minimum absolute atomic E-state index is 0.0748. The second-order valence-corrected chi connectivity index (χ2v) is 5.61. The summed E-state index contributed by atoms with van der Waals surface area (Å²) >= 11 is 0. The number of likely N-dealkylation sites (N-methyl/N-ethyl adjacent to an activating group) is 1. The van der Waals surface area contributed by atoms with E-state index in [1.165, 1.54) is 32.1 Å². The highest BCUT2D eigenvalue weighted by Crippen LogP contribution is 2.31. The second kappa shape index (κ2) is 5.85. The molecule has 0 aromatic rings. The summed E-state index contributed by atoms with van der Waals surface area (Å²) in [5.41, 5.74) is 0. The van der Waals surface area contributed by atoms with Crippen LogP contribution in [0.2, 0.25) is 0 Å². The summed E-state index contributed by atoms with van der Waals surface area (Å²) in [6.45, 7) is 3.26. The molecule has 3 unspecified atom stereocenters. The summed E-state index contributed by atoms with van der Waals surface area (Å²) in [6.07, 6.45) is 8.56. The van der Waals surface area contributed by atoms with Crippen molar-refractivity contribution in [2.75, 3.05) is 13.6 Å². The number of nitrogens with zero attached hydrogens (tertiary/aromatic N) is 1. The minimum atomic E-state index is 0.0748. The predicted molar refractivity (Wildman–Crippen MR) is 69.8 cm³/mol. The first kappa shape index (κ1) is 12.9. The Morgan fingerprint density at radius 2 is 2.12 bits per heavy atom. The Balaban J connectivity index is 1.98. The van der Waals surface area contributed by atoms with Crippen LogP contribution in [-0.2, 0) is 4.79 Å². The van der Waals surface area contributed by atoms with Gasteiger partial charge in [0.15, 0.2) is 0 Å². The van der Waals surface area contributed by atoms with Gasteiger partial charge in [-0.15, -0.1) is 0 Å². The zero-order valence-corrected chi connectivity index (χ0v) is 11.2. The molecule has 0 aromatic carbocycles. The fourth-order valence-electron chi connectivity index (χ4n) is 3.45. The van der Waals surface area contributed by atoms with Gasteiger partial charge in [-0.1, -0.05) is 26.2 Å². The molecule has 1 heterocycles. The number of nitrogens with one attached hydrogen (secondary N) is 1. The van der Waals surface area contributed by atoms with Crippen LogP contribution in [0.5, 0.6) is 0 Å². The van der Waals surface area contributed by atoms with E-state index < -0.39 is 0 Å². The van der Waals surface area contributed by atoms with Gasteiger partial charge < -0.3 is 10.2 Å². The number of hydrogen-bond donors (Lipinski definition) is 1. The van der Waals surface area contributed by atoms with Crippen molar-refractivity contribution in [3.63, 3.8) is 0 Å². The average molecular weight is 238 g/mol. The largest absolute Gasteiger partial charge is 0.338 e. The first-order valence-corrected chi connectivity index (χ1v) is 7.24. The Kier molecular flexibility index (Phi) is 4.43. The monoisotopic (exact) mass is 238 g/mol. The van der Waals surface area contributed by atoms with Crippen LogP contribution >= 0.6 is 0 Å². The smallest absolute Gasteiger partial charge is 0.239 e. The van der Waals surface area contributed by atoms with Crippen LogP contribution in [0.4, 0.5) is 0 Å². The summed E-state index contributed by atoms with van der Waals surface area (Å²) in [6, 6.07) is 0.600. The molecule has 0 aromatic heterocycles. The quantitative estimate of drug-likeness (QED) is 0.817. The topological polar surface area (TPSA) is 32.3 Å². The zero-order valence-electron chi connectivity index (χ0n) is 11.2. The molecule has 2 fully saturated rings. The lowest BCUT2D eigenvalue weighted by atomic mass is 9.82. The third-order valence-electron chi connectivity index (χ3n) is 4.59. The molecule has 1 aliphatic carbocycles. The Hall–Kier alpha value is -0.570. The zero-order chi connectivity index (χ0) is 12.3. The van der Waals surface area contributed by atoms with Crippen molar-refractivity contribution in [2.45, 2.75) is 64.0 Å². The molecule has 2 rings (SSSR count). The van der Waals surface area contributed by atoms with E-state index in [1.54, 1.807) is 0 Å². The van der Waals surface area contributed by atoms with Crippen molar-refractivity contribution < 1.29 is 4.79 Å². The van der Waals surface area contributed by atoms with Crippen LogP contribution in [0.1, 0.15) is 51.9 Å². The lowest BCUT2D eigenvalue weighted by Crippen LogP contribution is -2.54. The molecule has 0 radical (unpaired) electrons. The molecule has 1 saturated carbocycles. The maximum atomic E-state index is 12.3. The molecule has 17 heavy (non-hydrogen) atoms. The van der Waals surface area contributed by atoms with Crippen LogP contribution in [0.15, 0.2) is 0 Å². The fraction of sp³-hybridized carbons (Fsp3) is 0.929. The molecule has 98 valence electrons. The maximum Gasteiger partial charge on any atom is 0.239 e. The standard InChI is InChI=1S/C14H26N2O/c1-3-11-6-4-7-12(10-11)16-9-5-8-13(15-2)14(16)17/h11-13,15H,3-10H2,1-2H3. The molecule has 1 N–H and O–H groups in total. The van der Waals surface area contributed by atoms with Crippen molar-refractivity contribution in [1.82, 2.24) is 10.2 Å². The molecule has 1 amide bonds. The van der Waals surface area contributed by atoms with E-state index in [1.807, 2.05) is 7.05 Å². The van der Waals surface area contributed by atoms with Crippen molar-refractivity contribution >= 4 is 5.91 Å². The lowest BCUT2D eigenvalue weighted by molar-refractivity contribution is -0.139. The molecule has 3 atom stereocenters. The van der Waals surface area contributed by atoms with Gasteiger partial charge >= 0.3 is 0 Å². The van der Waals surface area contributed by atoms with Crippen LogP contribution in [0.25, 0.3) is 0 Å². The summed E-state index contributed by atoms with van der Waals surface area (Å²) in [7, 11) is 1.90. The molecule has 0 bridgehead atoms. The van der Waals surface area contributed by atoms with Crippen molar-refractivity contribution in [3.8, 4) is 0 Å². The van der Waals surface area contributed by atoms with E-state index in [0.29, 0.717) is 11.9 Å². The number of piperidine rings is 1. The number of carbonyl (C=O) groups is 1. The molecule has 3 heteroatoms. The molecule has 1 saturated heterocycles. The van der Waals surface area contributed by atoms with Gasteiger partial charge in [-0.3, -0.25) is 4.79 Å². The SMILES string of the molecule is CCC1CCCC(N2CCCC(NC)C2=O)C1. The van der Waals surface area contributed by atoms with Gasteiger partial charge in [0.1, 0.15) is 0 Å². The Morgan fingerprint density at radius 3 is 2.82 bits per heavy atom. The van der Waals surface area contributed by atoms with Crippen LogP contribution in [-0.4, -0.2) is 36.5 Å². The third kappa shape index (κ3) is 2.82. The number of amides is 1. The van der Waals surface area contributed by atoms with Gasteiger partial charge in [0.05, 0.1) is 6.04 Å². The molecule has 1 aliphatic heterocycles. The highest BCUT2D eigenvalue weighted by molar-refractivity contribution is 5.82. The minimum Gasteiger partial charge on any atom is -0.338 e. The van der Waals surface area contributed by atoms with Crippen LogP contribution in [0, 0.1) is 5.92 Å². The van der Waals surface area contributed by atoms with E-state index in [0.717, 1.165) is 25.3 Å². The Morgan fingerprint density at radius 1 is 1.29 bits per heavy atom. The second-order valence-electron chi connectivity index (χ2n) is 5.61. The number of hydrogen-bond acceptors (Lipinski definition) is 2. The molecule has 0 spiro atoms. The first-order chi connectivity index (χ1) is 8.26. The lowest BCUT2D eigenvalue weighted by Gasteiger charge is -2.41. The van der Waals surface area contributed by atoms with Crippen molar-refractivity contribution in [2.24, 2.45) is 5.92 Å². The van der Waals surface area contributed by atoms with Crippen molar-refractivity contribution in [1.29, 1.82) is 0 Å². The molecular weight excluding hydrogens is 212 g/mol. The molecule has 3 nitrogen and oxygen atoms in total. The van der Waals surface area contributed by atoms with E-state index in [4.69, 9.17) is 0 Å². The Labute approximate surface area is 105 Å². The summed E-state index contributed by atoms with van der Waals surface area (Å²) in [5, 5.41) is 3.16. The summed E-state index contributed by atoms with van der Waals surface area (Å²) in [4.78, 5) is 14.5.